The Morgan fingerprint density at radius 1 is 1.12 bits per heavy atom. The maximum absolute atomic E-state index is 13.2. The Labute approximate surface area is 150 Å². The van der Waals surface area contributed by atoms with Crippen molar-refractivity contribution in [2.45, 2.75) is 13.5 Å². The number of nitrogens with one attached hydrogen (secondary N) is 1. The van der Waals surface area contributed by atoms with E-state index in [9.17, 15) is 13.6 Å². The molecule has 0 unspecified atom stereocenters. The first-order valence-corrected chi connectivity index (χ1v) is 8.06. The van der Waals surface area contributed by atoms with Crippen LogP contribution < -0.4 is 10.1 Å². The molecule has 4 nitrogen and oxygen atoms in total. The van der Waals surface area contributed by atoms with Crippen LogP contribution in [-0.4, -0.2) is 10.7 Å². The zero-order chi connectivity index (χ0) is 18.7. The van der Waals surface area contributed by atoms with E-state index >= 15 is 0 Å². The van der Waals surface area contributed by atoms with E-state index in [0.29, 0.717) is 11.4 Å². The second kappa shape index (κ2) is 7.39. The molecule has 1 amide bonds. The van der Waals surface area contributed by atoms with Gasteiger partial charge in [0.2, 0.25) is 5.88 Å². The summed E-state index contributed by atoms with van der Waals surface area (Å²) in [6, 6.07) is 12.7. The third kappa shape index (κ3) is 3.91. The highest BCUT2D eigenvalue weighted by Crippen LogP contribution is 2.34. The molecule has 0 radical (unpaired) electrons. The van der Waals surface area contributed by atoms with Crippen LogP contribution in [0.4, 0.5) is 13.6 Å². The number of carbonyl (C=O) groups excluding carboxylic acids is 1. The first kappa shape index (κ1) is 17.7. The van der Waals surface area contributed by atoms with Crippen molar-refractivity contribution >= 4 is 6.09 Å². The maximum Gasteiger partial charge on any atom is 0.414 e. The summed E-state index contributed by atoms with van der Waals surface area (Å²) in [7, 11) is 1.78. The number of aromatic nitrogens is 1. The summed E-state index contributed by atoms with van der Waals surface area (Å²) in [4.78, 5) is 12.2. The molecule has 2 aromatic carbocycles. The smallest absolute Gasteiger partial charge is 0.392 e. The van der Waals surface area contributed by atoms with Crippen LogP contribution in [0.25, 0.3) is 11.1 Å². The standard InChI is InChI=1S/C20H18F2N2O2/c1-13-12-24(2)19(18(13)15-6-4-3-5-7-15)26-20(25)23-11-14-8-16(21)10-17(22)9-14/h3-10,12H,11H2,1-2H3,(H,23,25). The summed E-state index contributed by atoms with van der Waals surface area (Å²) in [6.07, 6.45) is 1.17. The van der Waals surface area contributed by atoms with Gasteiger partial charge < -0.3 is 14.6 Å². The average molecular weight is 356 g/mol. The van der Waals surface area contributed by atoms with Gasteiger partial charge in [-0.1, -0.05) is 30.3 Å². The molecule has 3 aromatic rings. The topological polar surface area (TPSA) is 43.3 Å². The van der Waals surface area contributed by atoms with Crippen molar-refractivity contribution in [2.75, 3.05) is 0 Å². The lowest BCUT2D eigenvalue weighted by molar-refractivity contribution is 0.196. The lowest BCUT2D eigenvalue weighted by Gasteiger charge is -2.10. The Bertz CT molecular complexity index is 916. The molecular weight excluding hydrogens is 338 g/mol. The number of aryl methyl sites for hydroxylation is 2. The van der Waals surface area contributed by atoms with E-state index in [1.165, 1.54) is 0 Å². The van der Waals surface area contributed by atoms with Gasteiger partial charge in [-0.25, -0.2) is 13.6 Å². The lowest BCUT2D eigenvalue weighted by Crippen LogP contribution is -2.27. The zero-order valence-electron chi connectivity index (χ0n) is 14.4. The van der Waals surface area contributed by atoms with Gasteiger partial charge in [0.15, 0.2) is 0 Å². The van der Waals surface area contributed by atoms with Crippen molar-refractivity contribution in [3.8, 4) is 17.0 Å². The van der Waals surface area contributed by atoms with Gasteiger partial charge in [0.05, 0.1) is 0 Å². The molecule has 6 heteroatoms. The van der Waals surface area contributed by atoms with Crippen LogP contribution in [0.1, 0.15) is 11.1 Å². The maximum atomic E-state index is 13.2. The van der Waals surface area contributed by atoms with Crippen LogP contribution in [-0.2, 0) is 13.6 Å². The van der Waals surface area contributed by atoms with Crippen molar-refractivity contribution < 1.29 is 18.3 Å². The van der Waals surface area contributed by atoms with Gasteiger partial charge >= 0.3 is 6.09 Å². The predicted octanol–water partition coefficient (Wildman–Crippen LogP) is 4.57. The average Bonchev–Trinajstić information content (AvgIpc) is 2.86. The predicted molar refractivity (Wildman–Crippen MR) is 94.8 cm³/mol. The largest absolute Gasteiger partial charge is 0.414 e. The Hall–Kier alpha value is -3.15. The molecular formula is C20H18F2N2O2. The summed E-state index contributed by atoms with van der Waals surface area (Å²) in [5, 5.41) is 2.51. The van der Waals surface area contributed by atoms with Gasteiger partial charge in [-0.2, -0.15) is 0 Å². The van der Waals surface area contributed by atoms with Crippen molar-refractivity contribution in [3.05, 3.63) is 77.5 Å². The molecule has 3 rings (SSSR count). The van der Waals surface area contributed by atoms with Gasteiger partial charge in [-0.3, -0.25) is 0 Å². The van der Waals surface area contributed by atoms with Crippen molar-refractivity contribution in [1.29, 1.82) is 0 Å². The number of ether oxygens (including phenoxy) is 1. The van der Waals surface area contributed by atoms with Crippen LogP contribution in [0.3, 0.4) is 0 Å². The first-order valence-electron chi connectivity index (χ1n) is 8.06. The molecule has 1 N–H and O–H groups in total. The van der Waals surface area contributed by atoms with E-state index in [0.717, 1.165) is 34.9 Å². The number of rotatable bonds is 4. The van der Waals surface area contributed by atoms with Crippen molar-refractivity contribution in [2.24, 2.45) is 7.05 Å². The Balaban J connectivity index is 1.75. The number of nitrogens with zero attached hydrogens (tertiary/aromatic N) is 1. The lowest BCUT2D eigenvalue weighted by atomic mass is 10.1. The number of halogens is 2. The third-order valence-corrected chi connectivity index (χ3v) is 3.93. The monoisotopic (exact) mass is 356 g/mol. The normalized spacial score (nSPS) is 10.6. The van der Waals surface area contributed by atoms with Gasteiger partial charge in [0, 0.05) is 31.4 Å². The van der Waals surface area contributed by atoms with E-state index in [-0.39, 0.29) is 6.54 Å². The quantitative estimate of drug-likeness (QED) is 0.744. The number of benzene rings is 2. The minimum Gasteiger partial charge on any atom is -0.392 e. The fourth-order valence-corrected chi connectivity index (χ4v) is 2.85. The molecule has 0 saturated carbocycles. The van der Waals surface area contributed by atoms with Gasteiger partial charge in [0.1, 0.15) is 11.6 Å². The Morgan fingerprint density at radius 3 is 2.42 bits per heavy atom. The summed E-state index contributed by atoms with van der Waals surface area (Å²) >= 11 is 0. The van der Waals surface area contributed by atoms with Crippen LogP contribution in [0, 0.1) is 18.6 Å². The Kier molecular flexibility index (Phi) is 5.02. The second-order valence-corrected chi connectivity index (χ2v) is 5.99. The highest BCUT2D eigenvalue weighted by Gasteiger charge is 2.17. The molecule has 1 aromatic heterocycles. The second-order valence-electron chi connectivity index (χ2n) is 5.99. The van der Waals surface area contributed by atoms with Gasteiger partial charge in [-0.15, -0.1) is 0 Å². The summed E-state index contributed by atoms with van der Waals surface area (Å²) in [5.41, 5.74) is 3.03. The van der Waals surface area contributed by atoms with E-state index in [1.807, 2.05) is 43.5 Å². The summed E-state index contributed by atoms with van der Waals surface area (Å²) in [5.74, 6) is -0.990. The molecule has 0 saturated heterocycles. The van der Waals surface area contributed by atoms with Crippen LogP contribution in [0.5, 0.6) is 5.88 Å². The minimum absolute atomic E-state index is 0.0441. The Morgan fingerprint density at radius 2 is 1.77 bits per heavy atom. The third-order valence-electron chi connectivity index (χ3n) is 3.93. The molecule has 26 heavy (non-hydrogen) atoms. The molecule has 0 aliphatic rings. The minimum atomic E-state index is -0.701. The fraction of sp³-hybridized carbons (Fsp3) is 0.150. The molecule has 0 aliphatic heterocycles. The SMILES string of the molecule is Cc1cn(C)c(OC(=O)NCc2cc(F)cc(F)c2)c1-c1ccccc1. The fourth-order valence-electron chi connectivity index (χ4n) is 2.85. The molecule has 0 spiro atoms. The van der Waals surface area contributed by atoms with Crippen LogP contribution in [0.2, 0.25) is 0 Å². The zero-order valence-corrected chi connectivity index (χ0v) is 14.4. The van der Waals surface area contributed by atoms with Crippen molar-refractivity contribution in [1.82, 2.24) is 9.88 Å². The first-order chi connectivity index (χ1) is 12.4. The van der Waals surface area contributed by atoms with Crippen molar-refractivity contribution in [3.63, 3.8) is 0 Å². The number of hydrogen-bond donors (Lipinski definition) is 1. The molecule has 0 aliphatic carbocycles. The number of carbonyl (C=O) groups is 1. The van der Waals surface area contributed by atoms with E-state index in [2.05, 4.69) is 5.32 Å². The highest BCUT2D eigenvalue weighted by molar-refractivity contribution is 5.78. The van der Waals surface area contributed by atoms with E-state index in [1.54, 1.807) is 11.6 Å². The molecule has 0 atom stereocenters. The summed E-state index contributed by atoms with van der Waals surface area (Å²) < 4.78 is 33.6. The summed E-state index contributed by atoms with van der Waals surface area (Å²) in [6.45, 7) is 1.89. The number of amides is 1. The highest BCUT2D eigenvalue weighted by atomic mass is 19.1. The van der Waals surface area contributed by atoms with E-state index in [4.69, 9.17) is 4.74 Å². The van der Waals surface area contributed by atoms with Crippen LogP contribution >= 0.6 is 0 Å². The number of hydrogen-bond acceptors (Lipinski definition) is 2. The molecule has 134 valence electrons. The van der Waals surface area contributed by atoms with Crippen LogP contribution in [0.15, 0.2) is 54.7 Å². The molecule has 0 bridgehead atoms. The molecule has 0 fully saturated rings. The van der Waals surface area contributed by atoms with Gasteiger partial charge in [0.25, 0.3) is 0 Å². The molecule has 1 heterocycles. The van der Waals surface area contributed by atoms with Gasteiger partial charge in [-0.05, 0) is 35.7 Å². The van der Waals surface area contributed by atoms with E-state index < -0.39 is 17.7 Å².